The molecule has 1 N–H and O–H groups in total. The van der Waals surface area contributed by atoms with Crippen LogP contribution in [0.25, 0.3) is 11.4 Å². The second-order valence-corrected chi connectivity index (χ2v) is 6.72. The van der Waals surface area contributed by atoms with Gasteiger partial charge in [0.25, 0.3) is 11.5 Å². The maximum absolute atomic E-state index is 13.7. The second kappa shape index (κ2) is 6.96. The van der Waals surface area contributed by atoms with Crippen LogP contribution in [-0.4, -0.2) is 27.3 Å². The van der Waals surface area contributed by atoms with E-state index in [0.29, 0.717) is 30.0 Å². The summed E-state index contributed by atoms with van der Waals surface area (Å²) in [6.45, 7) is 0.563. The van der Waals surface area contributed by atoms with E-state index in [-0.39, 0.29) is 28.6 Å². The molecule has 27 heavy (non-hydrogen) atoms. The van der Waals surface area contributed by atoms with E-state index in [0.717, 1.165) is 11.6 Å². The molecule has 1 aromatic heterocycles. The molecule has 1 aliphatic rings. The maximum atomic E-state index is 13.7. The minimum Gasteiger partial charge on any atom is -0.332 e. The van der Waals surface area contributed by atoms with Crippen LogP contribution in [0.2, 0.25) is 5.02 Å². The Morgan fingerprint density at radius 1 is 1.19 bits per heavy atom. The van der Waals surface area contributed by atoms with Crippen molar-refractivity contribution >= 4 is 17.5 Å². The predicted octanol–water partition coefficient (Wildman–Crippen LogP) is 3.43. The number of nitrogens with zero attached hydrogens (tertiary/aromatic N) is 2. The Morgan fingerprint density at radius 2 is 1.96 bits per heavy atom. The molecule has 0 bridgehead atoms. The van der Waals surface area contributed by atoms with Crippen molar-refractivity contribution in [1.29, 1.82) is 0 Å². The average Bonchev–Trinajstić information content (AvgIpc) is 2.69. The molecule has 2 heterocycles. The molecule has 0 atom stereocenters. The molecule has 0 saturated heterocycles. The Hall–Kier alpha value is -2.99. The normalized spacial score (nSPS) is 13.3. The minimum atomic E-state index is -0.638. The van der Waals surface area contributed by atoms with Crippen LogP contribution in [0.15, 0.2) is 53.3 Å². The number of aromatic amines is 1. The average molecular weight is 384 g/mol. The summed E-state index contributed by atoms with van der Waals surface area (Å²) in [5.41, 5.74) is 1.96. The topological polar surface area (TPSA) is 66.1 Å². The number of fused-ring (bicyclic) bond motifs is 1. The number of rotatable bonds is 2. The van der Waals surface area contributed by atoms with Crippen molar-refractivity contribution in [2.45, 2.75) is 13.0 Å². The van der Waals surface area contributed by atoms with E-state index < -0.39 is 5.82 Å². The molecule has 0 aliphatic carbocycles. The largest absolute Gasteiger partial charge is 0.332 e. The van der Waals surface area contributed by atoms with E-state index in [1.54, 1.807) is 4.90 Å². The van der Waals surface area contributed by atoms with Gasteiger partial charge < -0.3 is 9.88 Å². The van der Waals surface area contributed by atoms with Crippen molar-refractivity contribution in [2.75, 3.05) is 6.54 Å². The molecular formula is C20H15ClFN3O2. The summed E-state index contributed by atoms with van der Waals surface area (Å²) in [5.74, 6) is -0.494. The minimum absolute atomic E-state index is 0.0313. The number of carbonyl (C=O) groups is 1. The van der Waals surface area contributed by atoms with Gasteiger partial charge in [0.05, 0.1) is 17.3 Å². The summed E-state index contributed by atoms with van der Waals surface area (Å²) in [5, 5.41) is -0.0313. The van der Waals surface area contributed by atoms with Crippen molar-refractivity contribution in [1.82, 2.24) is 14.9 Å². The number of nitrogens with one attached hydrogen (secondary N) is 1. The number of hydrogen-bond acceptors (Lipinski definition) is 3. The van der Waals surface area contributed by atoms with E-state index in [2.05, 4.69) is 9.97 Å². The van der Waals surface area contributed by atoms with Gasteiger partial charge in [-0.1, -0.05) is 41.9 Å². The predicted molar refractivity (Wildman–Crippen MR) is 100 cm³/mol. The number of aromatic nitrogens is 2. The van der Waals surface area contributed by atoms with Gasteiger partial charge in [0.2, 0.25) is 0 Å². The third-order valence-corrected chi connectivity index (χ3v) is 4.88. The smallest absolute Gasteiger partial charge is 0.254 e. The number of H-pyrrole nitrogens is 1. The number of hydrogen-bond donors (Lipinski definition) is 1. The highest BCUT2D eigenvalue weighted by atomic mass is 35.5. The number of halogens is 2. The van der Waals surface area contributed by atoms with Crippen molar-refractivity contribution < 1.29 is 9.18 Å². The molecule has 0 saturated carbocycles. The van der Waals surface area contributed by atoms with Crippen molar-refractivity contribution in [3.8, 4) is 11.4 Å². The maximum Gasteiger partial charge on any atom is 0.254 e. The van der Waals surface area contributed by atoms with Crippen LogP contribution in [0.4, 0.5) is 4.39 Å². The lowest BCUT2D eigenvalue weighted by Crippen LogP contribution is -2.39. The summed E-state index contributed by atoms with van der Waals surface area (Å²) in [4.78, 5) is 34.1. The van der Waals surface area contributed by atoms with Crippen LogP contribution in [-0.2, 0) is 13.0 Å². The molecule has 7 heteroatoms. The first kappa shape index (κ1) is 17.4. The Morgan fingerprint density at radius 3 is 2.70 bits per heavy atom. The zero-order valence-corrected chi connectivity index (χ0v) is 15.0. The lowest BCUT2D eigenvalue weighted by atomic mass is 10.0. The van der Waals surface area contributed by atoms with Crippen molar-refractivity contribution in [2.24, 2.45) is 0 Å². The van der Waals surface area contributed by atoms with E-state index >= 15 is 0 Å². The monoisotopic (exact) mass is 383 g/mol. The molecule has 0 fully saturated rings. The molecule has 136 valence electrons. The summed E-state index contributed by atoms with van der Waals surface area (Å²) < 4.78 is 13.7. The highest BCUT2D eigenvalue weighted by Crippen LogP contribution is 2.21. The second-order valence-electron chi connectivity index (χ2n) is 6.31. The molecule has 0 spiro atoms. The van der Waals surface area contributed by atoms with Crippen LogP contribution in [0.1, 0.15) is 21.6 Å². The van der Waals surface area contributed by atoms with Crippen molar-refractivity contribution in [3.05, 3.63) is 86.5 Å². The number of benzene rings is 2. The SMILES string of the molecule is O=C(c1ccc(Cl)c(F)c1)N1CCc2c(nc(-c3ccccc3)[nH]c2=O)C1. The zero-order chi connectivity index (χ0) is 19.0. The summed E-state index contributed by atoms with van der Waals surface area (Å²) in [6, 6.07) is 13.3. The Bertz CT molecular complexity index is 1080. The standard InChI is InChI=1S/C20H15ClFN3O2/c21-15-7-6-13(10-16(15)22)20(27)25-9-8-14-17(11-25)23-18(24-19(14)26)12-4-2-1-3-5-12/h1-7,10H,8-9,11H2,(H,23,24,26). The third kappa shape index (κ3) is 3.36. The lowest BCUT2D eigenvalue weighted by Gasteiger charge is -2.28. The first-order valence-electron chi connectivity index (χ1n) is 8.45. The highest BCUT2D eigenvalue weighted by molar-refractivity contribution is 6.30. The first-order valence-corrected chi connectivity index (χ1v) is 8.82. The van der Waals surface area contributed by atoms with Gasteiger partial charge in [0.1, 0.15) is 11.6 Å². The zero-order valence-electron chi connectivity index (χ0n) is 14.2. The summed E-state index contributed by atoms with van der Waals surface area (Å²) in [6.07, 6.45) is 0.397. The van der Waals surface area contributed by atoms with Gasteiger partial charge in [-0.25, -0.2) is 9.37 Å². The molecule has 4 rings (SSSR count). The molecule has 3 aromatic rings. The summed E-state index contributed by atoms with van der Waals surface area (Å²) in [7, 11) is 0. The van der Waals surface area contributed by atoms with E-state index in [1.165, 1.54) is 12.1 Å². The molecule has 2 aromatic carbocycles. The van der Waals surface area contributed by atoms with E-state index in [4.69, 9.17) is 11.6 Å². The van der Waals surface area contributed by atoms with Crippen LogP contribution in [0.3, 0.4) is 0 Å². The van der Waals surface area contributed by atoms with Gasteiger partial charge in [-0.15, -0.1) is 0 Å². The van der Waals surface area contributed by atoms with Gasteiger partial charge in [-0.3, -0.25) is 9.59 Å². The molecule has 1 amide bonds. The molecular weight excluding hydrogens is 369 g/mol. The highest BCUT2D eigenvalue weighted by Gasteiger charge is 2.25. The van der Waals surface area contributed by atoms with Crippen LogP contribution < -0.4 is 5.56 Å². The summed E-state index contributed by atoms with van der Waals surface area (Å²) >= 11 is 5.68. The fourth-order valence-corrected chi connectivity index (χ4v) is 3.28. The Labute approximate surface area is 159 Å². The first-order chi connectivity index (χ1) is 13.0. The fourth-order valence-electron chi connectivity index (χ4n) is 3.16. The Balaban J connectivity index is 1.66. The lowest BCUT2D eigenvalue weighted by molar-refractivity contribution is 0.0731. The van der Waals surface area contributed by atoms with Gasteiger partial charge in [-0.2, -0.15) is 0 Å². The fraction of sp³-hybridized carbons (Fsp3) is 0.150. The van der Waals surface area contributed by atoms with Gasteiger partial charge in [-0.05, 0) is 24.6 Å². The molecule has 0 radical (unpaired) electrons. The Kier molecular flexibility index (Phi) is 4.49. The molecule has 0 unspecified atom stereocenters. The van der Waals surface area contributed by atoms with Gasteiger partial charge >= 0.3 is 0 Å². The van der Waals surface area contributed by atoms with Crippen molar-refractivity contribution in [3.63, 3.8) is 0 Å². The third-order valence-electron chi connectivity index (χ3n) is 4.57. The number of carbonyl (C=O) groups excluding carboxylic acids is 1. The van der Waals surface area contributed by atoms with Crippen LogP contribution in [0.5, 0.6) is 0 Å². The quantitative estimate of drug-likeness (QED) is 0.737. The molecule has 1 aliphatic heterocycles. The van der Waals surface area contributed by atoms with E-state index in [1.807, 2.05) is 30.3 Å². The van der Waals surface area contributed by atoms with Crippen LogP contribution >= 0.6 is 11.6 Å². The van der Waals surface area contributed by atoms with Crippen LogP contribution in [0, 0.1) is 5.82 Å². The van der Waals surface area contributed by atoms with Gasteiger partial charge in [0.15, 0.2) is 0 Å². The number of amides is 1. The van der Waals surface area contributed by atoms with E-state index in [9.17, 15) is 14.0 Å². The molecule has 5 nitrogen and oxygen atoms in total. The van der Waals surface area contributed by atoms with Gasteiger partial charge in [0, 0.05) is 23.2 Å².